The average molecular weight is 420 g/mol. The minimum absolute atomic E-state index is 0.0138. The second kappa shape index (κ2) is 10.1. The largest absolute Gasteiger partial charge is 0.513 e. The number of allylic oxidation sites excluding steroid dienone is 2. The highest BCUT2D eigenvalue weighted by Crippen LogP contribution is 2.43. The van der Waals surface area contributed by atoms with Crippen molar-refractivity contribution in [3.63, 3.8) is 0 Å². The summed E-state index contributed by atoms with van der Waals surface area (Å²) in [6, 6.07) is 0. The maximum atomic E-state index is 12.4. The number of methoxy groups -OCH3 is 1. The molecule has 0 atom stereocenters. The highest BCUT2D eigenvalue weighted by Gasteiger charge is 2.34. The number of esters is 1. The van der Waals surface area contributed by atoms with Gasteiger partial charge >= 0.3 is 18.1 Å². The van der Waals surface area contributed by atoms with E-state index in [2.05, 4.69) is 0 Å². The first kappa shape index (κ1) is 23.3. The van der Waals surface area contributed by atoms with Crippen molar-refractivity contribution >= 4 is 18.1 Å². The van der Waals surface area contributed by atoms with E-state index < -0.39 is 18.1 Å². The quantitative estimate of drug-likeness (QED) is 0.360. The van der Waals surface area contributed by atoms with E-state index in [-0.39, 0.29) is 43.3 Å². The van der Waals surface area contributed by atoms with E-state index in [1.165, 1.54) is 7.11 Å². The fourth-order valence-corrected chi connectivity index (χ4v) is 3.15. The zero-order valence-electron chi connectivity index (χ0n) is 18.0. The molecule has 30 heavy (non-hydrogen) atoms. The number of carbonyl (C=O) groups is 3. The minimum Gasteiger partial charge on any atom is -0.496 e. The van der Waals surface area contributed by atoms with Crippen LogP contribution in [0, 0.1) is 12.8 Å². The monoisotopic (exact) mass is 420 g/mol. The third kappa shape index (κ3) is 5.52. The standard InChI is InChI=1S/C22H28O8/c1-12(2)10-29-22(26)30-20-15(8-6-13(3)7-9-17(23)24)19(27-5)14(4)16-11-28-21(25)18(16)20/h6,12H,7-11H2,1-5H3,(H,23,24)/b13-6+. The Kier molecular flexibility index (Phi) is 7.86. The summed E-state index contributed by atoms with van der Waals surface area (Å²) >= 11 is 0. The molecule has 1 aromatic rings. The molecule has 0 radical (unpaired) electrons. The van der Waals surface area contributed by atoms with Crippen LogP contribution in [0.25, 0.3) is 0 Å². The number of hydrogen-bond acceptors (Lipinski definition) is 7. The molecule has 2 rings (SSSR count). The molecule has 0 fully saturated rings. The van der Waals surface area contributed by atoms with Gasteiger partial charge in [0.15, 0.2) is 5.75 Å². The van der Waals surface area contributed by atoms with Crippen molar-refractivity contribution in [2.24, 2.45) is 5.92 Å². The van der Waals surface area contributed by atoms with E-state index in [9.17, 15) is 14.4 Å². The third-order valence-electron chi connectivity index (χ3n) is 4.73. The van der Waals surface area contributed by atoms with Crippen LogP contribution < -0.4 is 9.47 Å². The molecule has 8 heteroatoms. The molecule has 0 saturated carbocycles. The fourth-order valence-electron chi connectivity index (χ4n) is 3.15. The van der Waals surface area contributed by atoms with Gasteiger partial charge in [-0.3, -0.25) is 4.79 Å². The number of benzene rings is 1. The van der Waals surface area contributed by atoms with Crippen LogP contribution in [0.4, 0.5) is 4.79 Å². The summed E-state index contributed by atoms with van der Waals surface area (Å²) in [4.78, 5) is 35.4. The first-order valence-electron chi connectivity index (χ1n) is 9.77. The van der Waals surface area contributed by atoms with Crippen molar-refractivity contribution in [2.45, 2.75) is 53.6 Å². The maximum absolute atomic E-state index is 12.4. The molecule has 1 aliphatic heterocycles. The molecule has 8 nitrogen and oxygen atoms in total. The molecule has 0 amide bonds. The van der Waals surface area contributed by atoms with Crippen molar-refractivity contribution in [3.05, 3.63) is 33.9 Å². The molecule has 0 spiro atoms. The van der Waals surface area contributed by atoms with Crippen molar-refractivity contribution in [1.82, 2.24) is 0 Å². The number of carbonyl (C=O) groups excluding carboxylic acids is 2. The Balaban J connectivity index is 2.47. The topological polar surface area (TPSA) is 108 Å². The van der Waals surface area contributed by atoms with Gasteiger partial charge in [-0.05, 0) is 38.2 Å². The second-order valence-electron chi connectivity index (χ2n) is 7.60. The van der Waals surface area contributed by atoms with Gasteiger partial charge in [-0.2, -0.15) is 0 Å². The molecule has 0 bridgehead atoms. The van der Waals surface area contributed by atoms with Gasteiger partial charge in [-0.25, -0.2) is 9.59 Å². The number of fused-ring (bicyclic) bond motifs is 1. The lowest BCUT2D eigenvalue weighted by Gasteiger charge is -2.18. The van der Waals surface area contributed by atoms with E-state index in [1.54, 1.807) is 0 Å². The molecular weight excluding hydrogens is 392 g/mol. The van der Waals surface area contributed by atoms with Crippen LogP contribution in [0.2, 0.25) is 0 Å². The van der Waals surface area contributed by atoms with Crippen LogP contribution in [0.15, 0.2) is 11.6 Å². The normalized spacial score (nSPS) is 13.1. The third-order valence-corrected chi connectivity index (χ3v) is 4.73. The predicted molar refractivity (Wildman–Crippen MR) is 108 cm³/mol. The molecule has 164 valence electrons. The van der Waals surface area contributed by atoms with Crippen LogP contribution in [0.5, 0.6) is 11.5 Å². The molecule has 1 N–H and O–H groups in total. The molecule has 1 aromatic carbocycles. The number of aliphatic carboxylic acids is 1. The molecule has 0 aromatic heterocycles. The zero-order valence-corrected chi connectivity index (χ0v) is 18.0. The van der Waals surface area contributed by atoms with Gasteiger partial charge in [0, 0.05) is 17.5 Å². The summed E-state index contributed by atoms with van der Waals surface area (Å²) in [7, 11) is 1.50. The number of ether oxygens (including phenoxy) is 4. The summed E-state index contributed by atoms with van der Waals surface area (Å²) in [6.07, 6.45) is 1.60. The van der Waals surface area contributed by atoms with Gasteiger partial charge in [-0.1, -0.05) is 25.5 Å². The van der Waals surface area contributed by atoms with Crippen LogP contribution >= 0.6 is 0 Å². The van der Waals surface area contributed by atoms with Gasteiger partial charge in [0.1, 0.15) is 17.9 Å². The zero-order chi connectivity index (χ0) is 22.4. The molecule has 0 aliphatic carbocycles. The lowest BCUT2D eigenvalue weighted by molar-refractivity contribution is -0.136. The lowest BCUT2D eigenvalue weighted by atomic mass is 9.94. The Labute approximate surface area is 175 Å². The predicted octanol–water partition coefficient (Wildman–Crippen LogP) is 4.20. The second-order valence-corrected chi connectivity index (χ2v) is 7.60. The van der Waals surface area contributed by atoms with Crippen molar-refractivity contribution in [2.75, 3.05) is 13.7 Å². The van der Waals surface area contributed by atoms with E-state index in [1.807, 2.05) is 33.8 Å². The van der Waals surface area contributed by atoms with E-state index in [4.69, 9.17) is 24.1 Å². The van der Waals surface area contributed by atoms with Crippen molar-refractivity contribution in [3.8, 4) is 11.5 Å². The number of carboxylic acids is 1. The summed E-state index contributed by atoms with van der Waals surface area (Å²) in [6.45, 7) is 7.67. The molecule has 0 saturated heterocycles. The van der Waals surface area contributed by atoms with Crippen molar-refractivity contribution in [1.29, 1.82) is 0 Å². The SMILES string of the molecule is COc1c(C)c2c(c(OC(=O)OCC(C)C)c1C/C=C(\C)CCC(=O)O)C(=O)OC2. The summed E-state index contributed by atoms with van der Waals surface area (Å²) in [5.41, 5.74) is 2.89. The lowest BCUT2D eigenvalue weighted by Crippen LogP contribution is -2.17. The van der Waals surface area contributed by atoms with Crippen LogP contribution in [0.3, 0.4) is 0 Å². The Morgan fingerprint density at radius 2 is 1.93 bits per heavy atom. The fraction of sp³-hybridized carbons (Fsp3) is 0.500. The highest BCUT2D eigenvalue weighted by atomic mass is 16.7. The van der Waals surface area contributed by atoms with E-state index >= 15 is 0 Å². The Bertz CT molecular complexity index is 867. The molecule has 0 unspecified atom stereocenters. The van der Waals surface area contributed by atoms with Gasteiger partial charge in [0.05, 0.1) is 13.7 Å². The van der Waals surface area contributed by atoms with Crippen LogP contribution in [-0.4, -0.2) is 36.9 Å². The minimum atomic E-state index is -0.913. The molecular formula is C22H28O8. The van der Waals surface area contributed by atoms with Crippen molar-refractivity contribution < 1.29 is 38.4 Å². The Morgan fingerprint density at radius 1 is 1.23 bits per heavy atom. The summed E-state index contributed by atoms with van der Waals surface area (Å²) < 4.78 is 21.3. The maximum Gasteiger partial charge on any atom is 0.513 e. The smallest absolute Gasteiger partial charge is 0.496 e. The number of hydrogen-bond donors (Lipinski definition) is 1. The van der Waals surface area contributed by atoms with E-state index in [0.29, 0.717) is 23.3 Å². The van der Waals surface area contributed by atoms with Gasteiger partial charge < -0.3 is 24.1 Å². The number of cyclic esters (lactones) is 1. The summed E-state index contributed by atoms with van der Waals surface area (Å²) in [5, 5.41) is 8.86. The van der Waals surface area contributed by atoms with Gasteiger partial charge in [0.2, 0.25) is 0 Å². The van der Waals surface area contributed by atoms with Gasteiger partial charge in [-0.15, -0.1) is 0 Å². The summed E-state index contributed by atoms with van der Waals surface area (Å²) in [5.74, 6) is -0.782. The molecule has 1 aliphatic rings. The van der Waals surface area contributed by atoms with Crippen LogP contribution in [0.1, 0.15) is 60.7 Å². The van der Waals surface area contributed by atoms with E-state index in [0.717, 1.165) is 11.1 Å². The highest BCUT2D eigenvalue weighted by molar-refractivity contribution is 5.98. The number of carboxylic acid groups (broad SMARTS) is 1. The Morgan fingerprint density at radius 3 is 2.53 bits per heavy atom. The first-order chi connectivity index (χ1) is 14.1. The molecule has 1 heterocycles. The Hall–Kier alpha value is -3.03. The first-order valence-corrected chi connectivity index (χ1v) is 9.77. The van der Waals surface area contributed by atoms with Gasteiger partial charge in [0.25, 0.3) is 0 Å². The van der Waals surface area contributed by atoms with Crippen LogP contribution in [-0.2, 0) is 27.3 Å². The average Bonchev–Trinajstić information content (AvgIpc) is 3.07. The number of rotatable bonds is 9.